The molecule has 0 unspecified atom stereocenters. The van der Waals surface area contributed by atoms with Gasteiger partial charge < -0.3 is 9.84 Å². The van der Waals surface area contributed by atoms with Crippen LogP contribution < -0.4 is 5.32 Å². The minimum Gasteiger partial charge on any atom is -0.363 e. The number of benzene rings is 2. The van der Waals surface area contributed by atoms with E-state index in [4.69, 9.17) is 16.1 Å². The van der Waals surface area contributed by atoms with Crippen LogP contribution in [0.15, 0.2) is 59.1 Å². The summed E-state index contributed by atoms with van der Waals surface area (Å²) in [7, 11) is 0. The molecule has 0 spiro atoms. The number of rotatable bonds is 5. The quantitative estimate of drug-likeness (QED) is 0.533. The fourth-order valence-corrected chi connectivity index (χ4v) is 2.96. The van der Waals surface area contributed by atoms with Gasteiger partial charge in [0.1, 0.15) is 17.0 Å². The smallest absolute Gasteiger partial charge is 0.228 e. The third-order valence-corrected chi connectivity index (χ3v) is 4.50. The number of hydrogen-bond acceptors (Lipinski definition) is 5. The Hall–Kier alpha value is -2.92. The van der Waals surface area contributed by atoms with Crippen LogP contribution in [0.3, 0.4) is 0 Å². The Bertz CT molecular complexity index is 1050. The van der Waals surface area contributed by atoms with E-state index in [1.807, 2.05) is 61.5 Å². The molecule has 26 heavy (non-hydrogen) atoms. The molecule has 4 aromatic rings. The van der Waals surface area contributed by atoms with Crippen molar-refractivity contribution in [2.24, 2.45) is 0 Å². The second kappa shape index (κ2) is 7.14. The Kier molecular flexibility index (Phi) is 4.54. The normalized spacial score (nSPS) is 11.0. The summed E-state index contributed by atoms with van der Waals surface area (Å²) in [5.41, 5.74) is 3.93. The van der Waals surface area contributed by atoms with E-state index in [1.165, 1.54) is 0 Å². The molecule has 0 fully saturated rings. The van der Waals surface area contributed by atoms with E-state index in [2.05, 4.69) is 20.4 Å². The highest BCUT2D eigenvalue weighted by Gasteiger charge is 2.18. The van der Waals surface area contributed by atoms with Crippen LogP contribution in [0.25, 0.3) is 22.4 Å². The number of aromatic nitrogens is 3. The van der Waals surface area contributed by atoms with Crippen LogP contribution in [0.5, 0.6) is 0 Å². The summed E-state index contributed by atoms with van der Waals surface area (Å²) in [5, 5.41) is 8.26. The number of hydrogen-bond donors (Lipinski definition) is 1. The molecule has 0 saturated carbocycles. The SMILES string of the molecule is CCc1nc(NCc2ccccc2Cl)c2onc(-c3ccccc3)c2n1. The Balaban J connectivity index is 1.75. The zero-order chi connectivity index (χ0) is 17.9. The zero-order valence-corrected chi connectivity index (χ0v) is 15.0. The summed E-state index contributed by atoms with van der Waals surface area (Å²) in [5.74, 6) is 1.36. The summed E-state index contributed by atoms with van der Waals surface area (Å²) < 4.78 is 5.58. The molecular weight excluding hydrogens is 348 g/mol. The summed E-state index contributed by atoms with van der Waals surface area (Å²) in [6.07, 6.45) is 0.718. The molecule has 0 aliphatic rings. The summed E-state index contributed by atoms with van der Waals surface area (Å²) in [6.45, 7) is 2.56. The van der Waals surface area contributed by atoms with Crippen molar-refractivity contribution in [3.8, 4) is 11.3 Å². The Morgan fingerprint density at radius 2 is 1.77 bits per heavy atom. The number of halogens is 1. The minimum atomic E-state index is 0.538. The second-order valence-electron chi connectivity index (χ2n) is 5.86. The third-order valence-electron chi connectivity index (χ3n) is 4.13. The molecule has 130 valence electrons. The van der Waals surface area contributed by atoms with Gasteiger partial charge in [-0.15, -0.1) is 0 Å². The minimum absolute atomic E-state index is 0.538. The van der Waals surface area contributed by atoms with Gasteiger partial charge in [-0.25, -0.2) is 9.97 Å². The van der Waals surface area contributed by atoms with Crippen molar-refractivity contribution in [3.63, 3.8) is 0 Å². The molecule has 1 N–H and O–H groups in total. The molecule has 6 heteroatoms. The first-order valence-corrected chi connectivity index (χ1v) is 8.83. The van der Waals surface area contributed by atoms with Crippen LogP contribution in [-0.4, -0.2) is 15.1 Å². The summed E-state index contributed by atoms with van der Waals surface area (Å²) in [6, 6.07) is 17.6. The topological polar surface area (TPSA) is 63.8 Å². The van der Waals surface area contributed by atoms with Crippen molar-refractivity contribution in [2.75, 3.05) is 5.32 Å². The fraction of sp³-hybridized carbons (Fsp3) is 0.150. The molecule has 0 amide bonds. The molecule has 5 nitrogen and oxygen atoms in total. The number of anilines is 1. The maximum Gasteiger partial charge on any atom is 0.228 e. The van der Waals surface area contributed by atoms with E-state index >= 15 is 0 Å². The Morgan fingerprint density at radius 1 is 1.00 bits per heavy atom. The highest BCUT2D eigenvalue weighted by molar-refractivity contribution is 6.31. The van der Waals surface area contributed by atoms with Gasteiger partial charge in [-0.3, -0.25) is 0 Å². The van der Waals surface area contributed by atoms with Gasteiger partial charge in [-0.05, 0) is 11.6 Å². The van der Waals surface area contributed by atoms with Gasteiger partial charge in [0.05, 0.1) is 0 Å². The van der Waals surface area contributed by atoms with E-state index in [0.29, 0.717) is 28.5 Å². The van der Waals surface area contributed by atoms with Gasteiger partial charge in [0.25, 0.3) is 0 Å². The maximum absolute atomic E-state index is 6.24. The molecule has 0 bridgehead atoms. The van der Waals surface area contributed by atoms with E-state index in [1.54, 1.807) is 0 Å². The molecular formula is C20H17ClN4O. The van der Waals surface area contributed by atoms with Crippen LogP contribution in [0, 0.1) is 0 Å². The van der Waals surface area contributed by atoms with Crippen LogP contribution in [0.1, 0.15) is 18.3 Å². The number of nitrogens with zero attached hydrogens (tertiary/aromatic N) is 3. The van der Waals surface area contributed by atoms with Crippen LogP contribution >= 0.6 is 11.6 Å². The zero-order valence-electron chi connectivity index (χ0n) is 14.2. The van der Waals surface area contributed by atoms with Crippen molar-refractivity contribution >= 4 is 28.5 Å². The number of aryl methyl sites for hydroxylation is 1. The monoisotopic (exact) mass is 364 g/mol. The third kappa shape index (κ3) is 3.13. The molecule has 2 aromatic heterocycles. The first kappa shape index (κ1) is 16.5. The van der Waals surface area contributed by atoms with Gasteiger partial charge in [0, 0.05) is 23.6 Å². The van der Waals surface area contributed by atoms with Crippen molar-refractivity contribution in [2.45, 2.75) is 19.9 Å². The number of fused-ring (bicyclic) bond motifs is 1. The van der Waals surface area contributed by atoms with Crippen molar-refractivity contribution < 1.29 is 4.52 Å². The lowest BCUT2D eigenvalue weighted by atomic mass is 10.1. The fourth-order valence-electron chi connectivity index (χ4n) is 2.76. The van der Waals surface area contributed by atoms with Crippen LogP contribution in [0.2, 0.25) is 5.02 Å². The van der Waals surface area contributed by atoms with Gasteiger partial charge in [0.2, 0.25) is 5.58 Å². The molecule has 0 aliphatic heterocycles. The molecule has 2 heterocycles. The Labute approximate surface area is 156 Å². The average molecular weight is 365 g/mol. The first-order chi connectivity index (χ1) is 12.8. The molecule has 0 saturated heterocycles. The van der Waals surface area contributed by atoms with Gasteiger partial charge in [0.15, 0.2) is 5.82 Å². The lowest BCUT2D eigenvalue weighted by Gasteiger charge is -2.08. The summed E-state index contributed by atoms with van der Waals surface area (Å²) in [4.78, 5) is 9.20. The molecule has 0 atom stereocenters. The van der Waals surface area contributed by atoms with Crippen molar-refractivity contribution in [1.82, 2.24) is 15.1 Å². The van der Waals surface area contributed by atoms with Crippen molar-refractivity contribution in [1.29, 1.82) is 0 Å². The lowest BCUT2D eigenvalue weighted by Crippen LogP contribution is -2.05. The average Bonchev–Trinajstić information content (AvgIpc) is 3.12. The number of nitrogens with one attached hydrogen (secondary N) is 1. The van der Waals surface area contributed by atoms with Gasteiger partial charge in [-0.1, -0.05) is 72.2 Å². The predicted molar refractivity (Wildman–Crippen MR) is 103 cm³/mol. The van der Waals surface area contributed by atoms with E-state index in [-0.39, 0.29) is 0 Å². The van der Waals surface area contributed by atoms with E-state index in [0.717, 1.165) is 29.1 Å². The molecule has 0 aliphatic carbocycles. The maximum atomic E-state index is 6.24. The molecule has 0 radical (unpaired) electrons. The molecule has 2 aromatic carbocycles. The summed E-state index contributed by atoms with van der Waals surface area (Å²) >= 11 is 6.24. The highest BCUT2D eigenvalue weighted by atomic mass is 35.5. The van der Waals surface area contributed by atoms with Crippen LogP contribution in [0.4, 0.5) is 5.82 Å². The van der Waals surface area contributed by atoms with Crippen molar-refractivity contribution in [3.05, 3.63) is 71.0 Å². The molecule has 4 rings (SSSR count). The van der Waals surface area contributed by atoms with Gasteiger partial charge in [-0.2, -0.15) is 0 Å². The Morgan fingerprint density at radius 3 is 2.54 bits per heavy atom. The predicted octanol–water partition coefficient (Wildman–Crippen LogP) is 5.11. The van der Waals surface area contributed by atoms with E-state index < -0.39 is 0 Å². The standard InChI is InChI=1S/C20H17ClN4O/c1-2-16-23-18-17(13-8-4-3-5-9-13)25-26-19(18)20(24-16)22-12-14-10-6-7-11-15(14)21/h3-11H,2,12H2,1H3,(H,22,23,24). The van der Waals surface area contributed by atoms with E-state index in [9.17, 15) is 0 Å². The van der Waals surface area contributed by atoms with Gasteiger partial charge >= 0.3 is 0 Å². The largest absolute Gasteiger partial charge is 0.363 e. The second-order valence-corrected chi connectivity index (χ2v) is 6.27. The lowest BCUT2D eigenvalue weighted by molar-refractivity contribution is 0.459. The first-order valence-electron chi connectivity index (χ1n) is 8.45. The highest BCUT2D eigenvalue weighted by Crippen LogP contribution is 2.30. The van der Waals surface area contributed by atoms with Crippen LogP contribution in [-0.2, 0) is 13.0 Å².